The van der Waals surface area contributed by atoms with Gasteiger partial charge in [0.15, 0.2) is 0 Å². The summed E-state index contributed by atoms with van der Waals surface area (Å²) >= 11 is 3.41. The Morgan fingerprint density at radius 3 is 2.60 bits per heavy atom. The molecule has 0 aliphatic heterocycles. The molecule has 0 bridgehead atoms. The zero-order valence-electron chi connectivity index (χ0n) is 12.0. The molecule has 3 N–H and O–H groups in total. The van der Waals surface area contributed by atoms with E-state index >= 15 is 0 Å². The molecular formula is C16H23BrN2O. The van der Waals surface area contributed by atoms with Gasteiger partial charge in [-0.25, -0.2) is 0 Å². The molecular weight excluding hydrogens is 316 g/mol. The molecule has 1 amide bonds. The summed E-state index contributed by atoms with van der Waals surface area (Å²) in [5.41, 5.74) is 6.99. The van der Waals surface area contributed by atoms with Crippen LogP contribution >= 0.6 is 15.9 Å². The van der Waals surface area contributed by atoms with Gasteiger partial charge in [-0.1, -0.05) is 25.7 Å². The van der Waals surface area contributed by atoms with Gasteiger partial charge in [-0.3, -0.25) is 4.79 Å². The fourth-order valence-electron chi connectivity index (χ4n) is 2.93. The molecule has 0 aromatic heterocycles. The highest BCUT2D eigenvalue weighted by atomic mass is 79.9. The molecule has 0 heterocycles. The van der Waals surface area contributed by atoms with Crippen LogP contribution in [0.15, 0.2) is 22.7 Å². The minimum Gasteiger partial charge on any atom is -0.399 e. The summed E-state index contributed by atoms with van der Waals surface area (Å²) in [6.07, 6.45) is 7.68. The van der Waals surface area contributed by atoms with E-state index in [1.54, 1.807) is 12.1 Å². The third kappa shape index (κ3) is 3.98. The van der Waals surface area contributed by atoms with Crippen LogP contribution < -0.4 is 11.1 Å². The average molecular weight is 339 g/mol. The van der Waals surface area contributed by atoms with Crippen molar-refractivity contribution in [3.8, 4) is 0 Å². The van der Waals surface area contributed by atoms with Gasteiger partial charge >= 0.3 is 0 Å². The van der Waals surface area contributed by atoms with Crippen LogP contribution in [0, 0.1) is 5.92 Å². The van der Waals surface area contributed by atoms with Gasteiger partial charge in [-0.2, -0.15) is 0 Å². The largest absolute Gasteiger partial charge is 0.399 e. The minimum absolute atomic E-state index is 0.0408. The van der Waals surface area contributed by atoms with E-state index in [0.29, 0.717) is 17.2 Å². The van der Waals surface area contributed by atoms with Crippen molar-refractivity contribution in [1.29, 1.82) is 0 Å². The number of anilines is 1. The van der Waals surface area contributed by atoms with Crippen molar-refractivity contribution < 1.29 is 4.79 Å². The summed E-state index contributed by atoms with van der Waals surface area (Å²) < 4.78 is 0.789. The lowest BCUT2D eigenvalue weighted by atomic mass is 9.93. The van der Waals surface area contributed by atoms with Crippen LogP contribution in [0.25, 0.3) is 0 Å². The van der Waals surface area contributed by atoms with Crippen LogP contribution in [0.4, 0.5) is 5.69 Å². The van der Waals surface area contributed by atoms with Gasteiger partial charge in [0.05, 0.1) is 5.56 Å². The van der Waals surface area contributed by atoms with Gasteiger partial charge in [0.25, 0.3) is 5.91 Å². The second kappa shape index (κ2) is 7.11. The van der Waals surface area contributed by atoms with Gasteiger partial charge in [-0.05, 0) is 59.8 Å². The molecule has 1 aromatic rings. The van der Waals surface area contributed by atoms with Crippen LogP contribution in [-0.2, 0) is 0 Å². The number of nitrogens with two attached hydrogens (primary N) is 1. The first-order valence-electron chi connectivity index (χ1n) is 7.44. The lowest BCUT2D eigenvalue weighted by molar-refractivity contribution is 0.0923. The van der Waals surface area contributed by atoms with Crippen LogP contribution in [0.5, 0.6) is 0 Å². The van der Waals surface area contributed by atoms with E-state index in [2.05, 4.69) is 28.2 Å². The zero-order chi connectivity index (χ0) is 14.5. The summed E-state index contributed by atoms with van der Waals surface area (Å²) in [5.74, 6) is 0.558. The maximum Gasteiger partial charge on any atom is 0.252 e. The molecule has 3 nitrogen and oxygen atoms in total. The Bertz CT molecular complexity index is 468. The molecule has 1 saturated carbocycles. The van der Waals surface area contributed by atoms with Crippen molar-refractivity contribution >= 4 is 27.5 Å². The van der Waals surface area contributed by atoms with Gasteiger partial charge < -0.3 is 11.1 Å². The Hall–Kier alpha value is -1.03. The molecule has 4 heteroatoms. The van der Waals surface area contributed by atoms with Gasteiger partial charge in [0.2, 0.25) is 0 Å². The number of hydrogen-bond acceptors (Lipinski definition) is 2. The number of nitrogens with one attached hydrogen (secondary N) is 1. The van der Waals surface area contributed by atoms with Crippen molar-refractivity contribution in [2.75, 3.05) is 5.73 Å². The van der Waals surface area contributed by atoms with E-state index in [1.807, 2.05) is 6.07 Å². The standard InChI is InChI=1S/C16H23BrN2O/c1-11(12-6-4-2-3-5-7-12)19-16(20)14-10-13(18)8-9-15(14)17/h8-12H,2-7,18H2,1H3,(H,19,20)/t11-/m1/s1. The molecule has 1 fully saturated rings. The number of nitrogen functional groups attached to an aromatic ring is 1. The summed E-state index contributed by atoms with van der Waals surface area (Å²) in [4.78, 5) is 12.4. The summed E-state index contributed by atoms with van der Waals surface area (Å²) in [5, 5.41) is 3.14. The van der Waals surface area contributed by atoms with E-state index in [0.717, 1.165) is 4.47 Å². The zero-order valence-corrected chi connectivity index (χ0v) is 13.6. The quantitative estimate of drug-likeness (QED) is 0.643. The van der Waals surface area contributed by atoms with Crippen molar-refractivity contribution in [3.05, 3.63) is 28.2 Å². The highest BCUT2D eigenvalue weighted by molar-refractivity contribution is 9.10. The minimum atomic E-state index is -0.0408. The number of carbonyl (C=O) groups is 1. The highest BCUT2D eigenvalue weighted by Gasteiger charge is 2.21. The van der Waals surface area contributed by atoms with Gasteiger partial charge in [0.1, 0.15) is 0 Å². The van der Waals surface area contributed by atoms with Crippen molar-refractivity contribution in [2.45, 2.75) is 51.5 Å². The Kier molecular flexibility index (Phi) is 5.46. The lowest BCUT2D eigenvalue weighted by Gasteiger charge is -2.23. The number of halogens is 1. The van der Waals surface area contributed by atoms with Crippen molar-refractivity contribution in [3.63, 3.8) is 0 Å². The lowest BCUT2D eigenvalue weighted by Crippen LogP contribution is -2.38. The summed E-state index contributed by atoms with van der Waals surface area (Å²) in [6, 6.07) is 5.55. The second-order valence-corrected chi connectivity index (χ2v) is 6.61. The molecule has 0 unspecified atom stereocenters. The number of amides is 1. The Balaban J connectivity index is 2.01. The van der Waals surface area contributed by atoms with Gasteiger partial charge in [0, 0.05) is 16.2 Å². The molecule has 0 radical (unpaired) electrons. The number of benzene rings is 1. The van der Waals surface area contributed by atoms with E-state index in [1.165, 1.54) is 38.5 Å². The molecule has 1 aromatic carbocycles. The van der Waals surface area contributed by atoms with E-state index < -0.39 is 0 Å². The van der Waals surface area contributed by atoms with Gasteiger partial charge in [-0.15, -0.1) is 0 Å². The summed E-state index contributed by atoms with van der Waals surface area (Å²) in [6.45, 7) is 2.12. The molecule has 0 spiro atoms. The maximum absolute atomic E-state index is 12.4. The predicted octanol–water partition coefficient (Wildman–Crippen LogP) is 4.12. The SMILES string of the molecule is C[C@@H](NC(=O)c1cc(N)ccc1Br)C1CCCCCC1. The normalized spacial score (nSPS) is 18.3. The maximum atomic E-state index is 12.4. The first-order chi connectivity index (χ1) is 9.58. The Morgan fingerprint density at radius 2 is 1.95 bits per heavy atom. The highest BCUT2D eigenvalue weighted by Crippen LogP contribution is 2.26. The van der Waals surface area contributed by atoms with E-state index in [4.69, 9.17) is 5.73 Å². The third-order valence-electron chi connectivity index (χ3n) is 4.20. The number of hydrogen-bond donors (Lipinski definition) is 2. The Labute approximate surface area is 129 Å². The number of rotatable bonds is 3. The molecule has 110 valence electrons. The predicted molar refractivity (Wildman–Crippen MR) is 86.7 cm³/mol. The topological polar surface area (TPSA) is 55.1 Å². The fourth-order valence-corrected chi connectivity index (χ4v) is 3.36. The molecule has 1 atom stereocenters. The fraction of sp³-hybridized carbons (Fsp3) is 0.562. The number of carbonyl (C=O) groups excluding carboxylic acids is 1. The monoisotopic (exact) mass is 338 g/mol. The first kappa shape index (κ1) is 15.4. The van der Waals surface area contributed by atoms with Crippen LogP contribution in [0.2, 0.25) is 0 Å². The molecule has 1 aliphatic carbocycles. The third-order valence-corrected chi connectivity index (χ3v) is 4.89. The molecule has 2 rings (SSSR count). The second-order valence-electron chi connectivity index (χ2n) is 5.75. The van der Waals surface area contributed by atoms with Crippen molar-refractivity contribution in [2.24, 2.45) is 5.92 Å². The molecule has 20 heavy (non-hydrogen) atoms. The van der Waals surface area contributed by atoms with Crippen LogP contribution in [-0.4, -0.2) is 11.9 Å². The average Bonchev–Trinajstić information content (AvgIpc) is 2.70. The molecule has 1 aliphatic rings. The van der Waals surface area contributed by atoms with E-state index in [-0.39, 0.29) is 11.9 Å². The Morgan fingerprint density at radius 1 is 1.30 bits per heavy atom. The van der Waals surface area contributed by atoms with E-state index in [9.17, 15) is 4.79 Å². The molecule has 0 saturated heterocycles. The van der Waals surface area contributed by atoms with Crippen LogP contribution in [0.1, 0.15) is 55.8 Å². The smallest absolute Gasteiger partial charge is 0.252 e. The van der Waals surface area contributed by atoms with Crippen molar-refractivity contribution in [1.82, 2.24) is 5.32 Å². The summed E-state index contributed by atoms with van der Waals surface area (Å²) in [7, 11) is 0. The first-order valence-corrected chi connectivity index (χ1v) is 8.23. The van der Waals surface area contributed by atoms with Crippen LogP contribution in [0.3, 0.4) is 0 Å².